The Kier molecular flexibility index (Phi) is 6.17. The number of anilines is 1. The molecule has 2 aromatic rings. The van der Waals surface area contributed by atoms with Crippen molar-refractivity contribution in [3.63, 3.8) is 0 Å². The highest BCUT2D eigenvalue weighted by molar-refractivity contribution is 9.10. The average molecular weight is 376 g/mol. The van der Waals surface area contributed by atoms with Crippen LogP contribution < -0.4 is 15.5 Å². The Balaban J connectivity index is 1.85. The monoisotopic (exact) mass is 375 g/mol. The maximum atomic E-state index is 11.8. The van der Waals surface area contributed by atoms with Crippen molar-refractivity contribution in [1.82, 2.24) is 5.43 Å². The van der Waals surface area contributed by atoms with E-state index in [1.165, 1.54) is 0 Å². The lowest BCUT2D eigenvalue weighted by Crippen LogP contribution is -2.26. The molecule has 0 unspecified atom stereocenters. The van der Waals surface area contributed by atoms with Gasteiger partial charge in [-0.15, -0.1) is 0 Å². The van der Waals surface area contributed by atoms with E-state index < -0.39 is 0 Å². The molecule has 0 aliphatic heterocycles. The molecule has 0 saturated carbocycles. The number of hydrazone groups is 1. The molecule has 2 rings (SSSR count). The molecule has 0 aromatic heterocycles. The van der Waals surface area contributed by atoms with E-state index in [9.17, 15) is 4.79 Å². The standard InChI is InChI=1S/C17H18BrN3O2/c1-12(13-4-3-5-14(18)10-13)20-21-17(22)11-19-15-6-8-16(23-2)9-7-15/h3-10,19H,11H2,1-2H3,(H,21,22)/b20-12-. The van der Waals surface area contributed by atoms with Gasteiger partial charge in [0.25, 0.3) is 5.91 Å². The molecule has 0 heterocycles. The van der Waals surface area contributed by atoms with Crippen molar-refractivity contribution in [3.8, 4) is 5.75 Å². The lowest BCUT2D eigenvalue weighted by molar-refractivity contribution is -0.119. The Morgan fingerprint density at radius 2 is 1.96 bits per heavy atom. The SMILES string of the molecule is COc1ccc(NCC(=O)N/N=C(/C)c2cccc(Br)c2)cc1. The van der Waals surface area contributed by atoms with Crippen molar-refractivity contribution >= 4 is 33.2 Å². The minimum atomic E-state index is -0.213. The van der Waals surface area contributed by atoms with E-state index in [0.717, 1.165) is 27.2 Å². The average Bonchev–Trinajstić information content (AvgIpc) is 2.58. The highest BCUT2D eigenvalue weighted by atomic mass is 79.9. The predicted molar refractivity (Wildman–Crippen MR) is 96.0 cm³/mol. The lowest BCUT2D eigenvalue weighted by Gasteiger charge is -2.07. The smallest absolute Gasteiger partial charge is 0.259 e. The van der Waals surface area contributed by atoms with Gasteiger partial charge in [0.05, 0.1) is 19.4 Å². The zero-order chi connectivity index (χ0) is 16.7. The number of hydrogen-bond acceptors (Lipinski definition) is 4. The van der Waals surface area contributed by atoms with Crippen LogP contribution in [0.3, 0.4) is 0 Å². The Morgan fingerprint density at radius 3 is 2.61 bits per heavy atom. The second kappa shape index (κ2) is 8.33. The van der Waals surface area contributed by atoms with Crippen LogP contribution >= 0.6 is 15.9 Å². The van der Waals surface area contributed by atoms with Crippen molar-refractivity contribution in [3.05, 3.63) is 58.6 Å². The molecule has 0 aliphatic carbocycles. The first-order chi connectivity index (χ1) is 11.1. The number of halogens is 1. The summed E-state index contributed by atoms with van der Waals surface area (Å²) in [6.45, 7) is 1.99. The summed E-state index contributed by atoms with van der Waals surface area (Å²) in [7, 11) is 1.61. The van der Waals surface area contributed by atoms with Crippen LogP contribution in [-0.2, 0) is 4.79 Å². The summed E-state index contributed by atoms with van der Waals surface area (Å²) in [6.07, 6.45) is 0. The van der Waals surface area contributed by atoms with Crippen molar-refractivity contribution in [1.29, 1.82) is 0 Å². The number of carbonyl (C=O) groups excluding carboxylic acids is 1. The van der Waals surface area contributed by atoms with Crippen LogP contribution in [0.15, 0.2) is 58.1 Å². The molecular weight excluding hydrogens is 358 g/mol. The second-order valence-electron chi connectivity index (χ2n) is 4.82. The van der Waals surface area contributed by atoms with Crippen LogP contribution in [0, 0.1) is 0 Å². The number of carbonyl (C=O) groups is 1. The molecule has 1 amide bonds. The van der Waals surface area contributed by atoms with E-state index >= 15 is 0 Å². The maximum absolute atomic E-state index is 11.8. The summed E-state index contributed by atoms with van der Waals surface area (Å²) in [4.78, 5) is 11.8. The van der Waals surface area contributed by atoms with E-state index in [1.807, 2.05) is 55.5 Å². The molecule has 0 radical (unpaired) electrons. The first-order valence-corrected chi connectivity index (χ1v) is 7.85. The van der Waals surface area contributed by atoms with Gasteiger partial charge in [-0.1, -0.05) is 28.1 Å². The van der Waals surface area contributed by atoms with Gasteiger partial charge in [0, 0.05) is 10.2 Å². The fraction of sp³-hybridized carbons (Fsp3) is 0.176. The quantitative estimate of drug-likeness (QED) is 0.600. The summed E-state index contributed by atoms with van der Waals surface area (Å²) in [5.74, 6) is 0.560. The number of benzene rings is 2. The first-order valence-electron chi connectivity index (χ1n) is 7.05. The number of nitrogens with one attached hydrogen (secondary N) is 2. The topological polar surface area (TPSA) is 62.7 Å². The van der Waals surface area contributed by atoms with Gasteiger partial charge in [-0.3, -0.25) is 4.79 Å². The molecule has 0 atom stereocenters. The van der Waals surface area contributed by atoms with Gasteiger partial charge in [-0.05, 0) is 48.9 Å². The number of amides is 1. The van der Waals surface area contributed by atoms with Crippen LogP contribution in [0.4, 0.5) is 5.69 Å². The van der Waals surface area contributed by atoms with E-state index in [4.69, 9.17) is 4.74 Å². The number of rotatable bonds is 6. The van der Waals surface area contributed by atoms with E-state index in [-0.39, 0.29) is 12.5 Å². The molecule has 5 nitrogen and oxygen atoms in total. The number of nitrogens with zero attached hydrogens (tertiary/aromatic N) is 1. The van der Waals surface area contributed by atoms with Gasteiger partial charge in [-0.25, -0.2) is 5.43 Å². The molecule has 0 aliphatic rings. The van der Waals surface area contributed by atoms with Crippen LogP contribution in [-0.4, -0.2) is 25.3 Å². The van der Waals surface area contributed by atoms with Gasteiger partial charge in [0.1, 0.15) is 5.75 Å². The third kappa shape index (κ3) is 5.41. The van der Waals surface area contributed by atoms with Crippen LogP contribution in [0.2, 0.25) is 0 Å². The molecule has 2 N–H and O–H groups in total. The lowest BCUT2D eigenvalue weighted by atomic mass is 10.1. The Morgan fingerprint density at radius 1 is 1.22 bits per heavy atom. The van der Waals surface area contributed by atoms with Crippen LogP contribution in [0.5, 0.6) is 5.75 Å². The Hall–Kier alpha value is -2.34. The van der Waals surface area contributed by atoms with Crippen molar-refractivity contribution in [2.45, 2.75) is 6.92 Å². The molecule has 23 heavy (non-hydrogen) atoms. The predicted octanol–water partition coefficient (Wildman–Crippen LogP) is 3.41. The zero-order valence-corrected chi connectivity index (χ0v) is 14.6. The first kappa shape index (κ1) is 17.0. The highest BCUT2D eigenvalue weighted by Gasteiger charge is 2.02. The van der Waals surface area contributed by atoms with E-state index in [0.29, 0.717) is 0 Å². The van der Waals surface area contributed by atoms with Gasteiger partial charge < -0.3 is 10.1 Å². The molecule has 6 heteroatoms. The molecule has 0 bridgehead atoms. The summed E-state index contributed by atoms with van der Waals surface area (Å²) < 4.78 is 6.05. The zero-order valence-electron chi connectivity index (χ0n) is 13.0. The largest absolute Gasteiger partial charge is 0.497 e. The van der Waals surface area contributed by atoms with E-state index in [2.05, 4.69) is 31.8 Å². The molecular formula is C17H18BrN3O2. The summed E-state index contributed by atoms with van der Waals surface area (Å²) in [5.41, 5.74) is 5.07. The van der Waals surface area contributed by atoms with E-state index in [1.54, 1.807) is 7.11 Å². The Bertz CT molecular complexity index is 699. The second-order valence-corrected chi connectivity index (χ2v) is 5.74. The highest BCUT2D eigenvalue weighted by Crippen LogP contribution is 2.14. The third-order valence-electron chi connectivity index (χ3n) is 3.13. The third-order valence-corrected chi connectivity index (χ3v) is 3.63. The van der Waals surface area contributed by atoms with Gasteiger partial charge in [-0.2, -0.15) is 5.10 Å². The molecule has 120 valence electrons. The van der Waals surface area contributed by atoms with Crippen LogP contribution in [0.25, 0.3) is 0 Å². The fourth-order valence-electron chi connectivity index (χ4n) is 1.86. The fourth-order valence-corrected chi connectivity index (χ4v) is 2.25. The summed E-state index contributed by atoms with van der Waals surface area (Å²) in [5, 5.41) is 7.14. The summed E-state index contributed by atoms with van der Waals surface area (Å²) in [6, 6.07) is 15.1. The normalized spacial score (nSPS) is 11.0. The van der Waals surface area contributed by atoms with Crippen molar-refractivity contribution in [2.24, 2.45) is 5.10 Å². The van der Waals surface area contributed by atoms with Gasteiger partial charge in [0.15, 0.2) is 0 Å². The minimum absolute atomic E-state index is 0.140. The van der Waals surface area contributed by atoms with Gasteiger partial charge in [0.2, 0.25) is 0 Å². The molecule has 2 aromatic carbocycles. The number of methoxy groups -OCH3 is 1. The van der Waals surface area contributed by atoms with Crippen molar-refractivity contribution < 1.29 is 9.53 Å². The summed E-state index contributed by atoms with van der Waals surface area (Å²) >= 11 is 3.41. The van der Waals surface area contributed by atoms with Gasteiger partial charge >= 0.3 is 0 Å². The molecule has 0 spiro atoms. The molecule has 0 saturated heterocycles. The molecule has 0 fully saturated rings. The minimum Gasteiger partial charge on any atom is -0.497 e. The number of ether oxygens (including phenoxy) is 1. The Labute approximate surface area is 143 Å². The number of hydrogen-bond donors (Lipinski definition) is 2. The maximum Gasteiger partial charge on any atom is 0.259 e. The van der Waals surface area contributed by atoms with Crippen molar-refractivity contribution in [2.75, 3.05) is 19.0 Å². The van der Waals surface area contributed by atoms with Crippen LogP contribution in [0.1, 0.15) is 12.5 Å².